The molecule has 3 aromatic carbocycles. The van der Waals surface area contributed by atoms with Crippen molar-refractivity contribution in [1.82, 2.24) is 9.88 Å². The van der Waals surface area contributed by atoms with Gasteiger partial charge in [-0.25, -0.2) is 4.98 Å². The second kappa shape index (κ2) is 11.7. The van der Waals surface area contributed by atoms with Gasteiger partial charge in [0.05, 0.1) is 12.0 Å². The minimum atomic E-state index is -1.24. The molecule has 1 aromatic heterocycles. The van der Waals surface area contributed by atoms with E-state index in [1.807, 2.05) is 66.7 Å². The number of carboxylic acids is 1. The molecule has 0 radical (unpaired) electrons. The molecule has 4 aromatic rings. The van der Waals surface area contributed by atoms with E-state index in [2.05, 4.69) is 17.0 Å². The third-order valence-corrected chi connectivity index (χ3v) is 6.02. The fourth-order valence-electron chi connectivity index (χ4n) is 4.46. The predicted octanol–water partition coefficient (Wildman–Crippen LogP) is 1.48. The van der Waals surface area contributed by atoms with E-state index in [1.165, 1.54) is 0 Å². The maximum absolute atomic E-state index is 10.7. The van der Waals surface area contributed by atoms with Crippen LogP contribution in [0.15, 0.2) is 89.3 Å². The standard InChI is InChI=1S/C28H26N2O4.Na/c31-25(32)19-33-23-14-7-9-20(17-23)18-30-16-8-15-24(30)28-29-26(21-10-3-1-4-11-21)27(34-28)22-12-5-2-6-13-22;/h1-7,9-14,17,24H,8,15-16,18-19H2,(H,31,32);/q;+1/p-1/t24-;/m1./s1. The molecule has 0 unspecified atom stereocenters. The van der Waals surface area contributed by atoms with Crippen LogP contribution in [0.1, 0.15) is 30.3 Å². The second-order valence-corrected chi connectivity index (χ2v) is 8.40. The van der Waals surface area contributed by atoms with E-state index in [0.29, 0.717) is 12.3 Å². The van der Waals surface area contributed by atoms with Gasteiger partial charge in [-0.2, -0.15) is 0 Å². The summed E-state index contributed by atoms with van der Waals surface area (Å²) >= 11 is 0. The van der Waals surface area contributed by atoms with Crippen molar-refractivity contribution in [2.45, 2.75) is 25.4 Å². The van der Waals surface area contributed by atoms with Crippen molar-refractivity contribution in [2.75, 3.05) is 13.2 Å². The van der Waals surface area contributed by atoms with Crippen LogP contribution in [0, 0.1) is 0 Å². The predicted molar refractivity (Wildman–Crippen MR) is 127 cm³/mol. The average Bonchev–Trinajstić information content (AvgIpc) is 3.51. The van der Waals surface area contributed by atoms with E-state index in [0.717, 1.165) is 53.4 Å². The number of ether oxygens (including phenoxy) is 1. The van der Waals surface area contributed by atoms with Crippen molar-refractivity contribution >= 4 is 5.97 Å². The van der Waals surface area contributed by atoms with Crippen LogP contribution >= 0.6 is 0 Å². The summed E-state index contributed by atoms with van der Waals surface area (Å²) in [6.07, 6.45) is 2.01. The van der Waals surface area contributed by atoms with Crippen molar-refractivity contribution in [3.63, 3.8) is 0 Å². The van der Waals surface area contributed by atoms with Gasteiger partial charge in [-0.15, -0.1) is 0 Å². The Labute approximate surface area is 226 Å². The quantitative estimate of drug-likeness (QED) is 0.359. The van der Waals surface area contributed by atoms with Crippen LogP contribution in [0.2, 0.25) is 0 Å². The van der Waals surface area contributed by atoms with Gasteiger partial charge in [0.15, 0.2) is 5.76 Å². The summed E-state index contributed by atoms with van der Waals surface area (Å²) in [4.78, 5) is 18.1. The van der Waals surface area contributed by atoms with Gasteiger partial charge >= 0.3 is 29.6 Å². The van der Waals surface area contributed by atoms with Crippen LogP contribution in [0.3, 0.4) is 0 Å². The maximum Gasteiger partial charge on any atom is 1.00 e. The number of oxazole rings is 1. The molecule has 1 aliphatic heterocycles. The fourth-order valence-corrected chi connectivity index (χ4v) is 4.46. The number of aromatic nitrogens is 1. The minimum absolute atomic E-state index is 0. The first kappa shape index (κ1) is 25.2. The first-order chi connectivity index (χ1) is 16.7. The Morgan fingerprint density at radius 3 is 2.43 bits per heavy atom. The number of carbonyl (C=O) groups excluding carboxylic acids is 1. The fraction of sp³-hybridized carbons (Fsp3) is 0.214. The molecule has 0 bridgehead atoms. The van der Waals surface area contributed by atoms with E-state index in [-0.39, 0.29) is 35.6 Å². The number of nitrogens with zero attached hydrogens (tertiary/aromatic N) is 2. The normalized spacial score (nSPS) is 15.5. The number of likely N-dealkylation sites (tertiary alicyclic amines) is 1. The van der Waals surface area contributed by atoms with Crippen molar-refractivity contribution in [3.8, 4) is 28.3 Å². The van der Waals surface area contributed by atoms with E-state index >= 15 is 0 Å². The molecule has 0 aliphatic carbocycles. The molecule has 7 heteroatoms. The molecule has 1 aliphatic rings. The van der Waals surface area contributed by atoms with Crippen molar-refractivity contribution in [2.24, 2.45) is 0 Å². The van der Waals surface area contributed by atoms with Gasteiger partial charge < -0.3 is 19.1 Å². The average molecular weight is 477 g/mol. The van der Waals surface area contributed by atoms with E-state index < -0.39 is 12.6 Å². The largest absolute Gasteiger partial charge is 1.00 e. The molecule has 1 fully saturated rings. The van der Waals surface area contributed by atoms with Crippen molar-refractivity contribution < 1.29 is 48.6 Å². The zero-order valence-electron chi connectivity index (χ0n) is 19.7. The van der Waals surface area contributed by atoms with Gasteiger partial charge in [0.25, 0.3) is 0 Å². The van der Waals surface area contributed by atoms with E-state index in [4.69, 9.17) is 14.1 Å². The van der Waals surface area contributed by atoms with E-state index in [9.17, 15) is 9.90 Å². The minimum Gasteiger partial charge on any atom is -0.546 e. The van der Waals surface area contributed by atoms with Gasteiger partial charge in [-0.05, 0) is 37.1 Å². The first-order valence-electron chi connectivity index (χ1n) is 11.4. The van der Waals surface area contributed by atoms with Crippen molar-refractivity contribution in [3.05, 3.63) is 96.4 Å². The summed E-state index contributed by atoms with van der Waals surface area (Å²) in [5.74, 6) is 0.787. The molecule has 6 nitrogen and oxygen atoms in total. The number of carbonyl (C=O) groups is 1. The number of benzene rings is 3. The molecule has 0 spiro atoms. The summed E-state index contributed by atoms with van der Waals surface area (Å²) in [7, 11) is 0. The summed E-state index contributed by atoms with van der Waals surface area (Å²) in [6, 6.07) is 27.8. The van der Waals surface area contributed by atoms with Crippen LogP contribution in [0.4, 0.5) is 0 Å². The molecule has 0 amide bonds. The third-order valence-electron chi connectivity index (χ3n) is 6.02. The van der Waals surface area contributed by atoms with Gasteiger partial charge in [0.2, 0.25) is 5.89 Å². The Hall–Kier alpha value is -2.90. The Morgan fingerprint density at radius 1 is 1.00 bits per heavy atom. The number of rotatable bonds is 8. The monoisotopic (exact) mass is 476 g/mol. The summed E-state index contributed by atoms with van der Waals surface area (Å²) in [5, 5.41) is 10.7. The zero-order chi connectivity index (χ0) is 23.3. The Balaban J connectivity index is 0.00000289. The van der Waals surface area contributed by atoms with Crippen LogP contribution < -0.4 is 39.4 Å². The number of hydrogen-bond donors (Lipinski definition) is 0. The van der Waals surface area contributed by atoms with Crippen LogP contribution in [0.25, 0.3) is 22.6 Å². The Bertz CT molecular complexity index is 1200. The van der Waals surface area contributed by atoms with Gasteiger partial charge in [-0.3, -0.25) is 4.90 Å². The maximum atomic E-state index is 10.7. The zero-order valence-corrected chi connectivity index (χ0v) is 21.7. The summed E-state index contributed by atoms with van der Waals surface area (Å²) in [6.45, 7) is 1.16. The number of hydrogen-bond acceptors (Lipinski definition) is 6. The molecule has 35 heavy (non-hydrogen) atoms. The smallest absolute Gasteiger partial charge is 0.546 e. The first-order valence-corrected chi connectivity index (χ1v) is 11.4. The molecule has 172 valence electrons. The van der Waals surface area contributed by atoms with Crippen LogP contribution in [-0.2, 0) is 11.3 Å². The molecule has 2 heterocycles. The number of carboxylic acid groups (broad SMARTS) is 1. The van der Waals surface area contributed by atoms with Crippen LogP contribution in [-0.4, -0.2) is 29.0 Å². The van der Waals surface area contributed by atoms with Crippen LogP contribution in [0.5, 0.6) is 5.75 Å². The molecule has 5 rings (SSSR count). The third kappa shape index (κ3) is 6.03. The molecule has 1 atom stereocenters. The Kier molecular flexibility index (Phi) is 8.42. The summed E-state index contributed by atoms with van der Waals surface area (Å²) < 4.78 is 11.7. The second-order valence-electron chi connectivity index (χ2n) is 8.40. The van der Waals surface area contributed by atoms with Gasteiger partial charge in [0.1, 0.15) is 18.1 Å². The molecular formula is C28H25N2NaO4. The SMILES string of the molecule is O=C([O-])COc1cccc(CN2CCC[C@@H]2c2nc(-c3ccccc3)c(-c3ccccc3)o2)c1.[Na+]. The number of aliphatic carboxylic acids is 1. The molecular weight excluding hydrogens is 451 g/mol. The molecule has 0 saturated carbocycles. The molecule has 1 saturated heterocycles. The molecule has 0 N–H and O–H groups in total. The topological polar surface area (TPSA) is 78.6 Å². The summed E-state index contributed by atoms with van der Waals surface area (Å²) in [5.41, 5.74) is 3.92. The Morgan fingerprint density at radius 2 is 1.71 bits per heavy atom. The van der Waals surface area contributed by atoms with Gasteiger partial charge in [-0.1, -0.05) is 72.8 Å². The van der Waals surface area contributed by atoms with E-state index in [1.54, 1.807) is 6.07 Å². The van der Waals surface area contributed by atoms with Gasteiger partial charge in [0, 0.05) is 17.7 Å². The van der Waals surface area contributed by atoms with Crippen molar-refractivity contribution in [1.29, 1.82) is 0 Å².